The van der Waals surface area contributed by atoms with Crippen LogP contribution in [0.25, 0.3) is 32.7 Å². The van der Waals surface area contributed by atoms with E-state index in [0.29, 0.717) is 0 Å². The van der Waals surface area contributed by atoms with Crippen molar-refractivity contribution < 1.29 is 0 Å². The minimum atomic E-state index is 1.03. The van der Waals surface area contributed by atoms with Gasteiger partial charge in [0.25, 0.3) is 0 Å². The molecule has 0 unspecified atom stereocenters. The number of hydrogen-bond acceptors (Lipinski definition) is 0. The van der Waals surface area contributed by atoms with Crippen molar-refractivity contribution in [1.82, 2.24) is 0 Å². The summed E-state index contributed by atoms with van der Waals surface area (Å²) in [6.07, 6.45) is 2.09. The minimum Gasteiger partial charge on any atom is -0.0622 e. The summed E-state index contributed by atoms with van der Waals surface area (Å²) in [7, 11) is 0. The smallest absolute Gasteiger partial charge is 0.00643 e. The summed E-state index contributed by atoms with van der Waals surface area (Å²) < 4.78 is 0. The van der Waals surface area contributed by atoms with Crippen LogP contribution in [0.5, 0.6) is 0 Å². The van der Waals surface area contributed by atoms with Crippen LogP contribution in [0.15, 0.2) is 103 Å². The van der Waals surface area contributed by atoms with E-state index in [1.165, 1.54) is 49.4 Å². The molecule has 0 amide bonds. The van der Waals surface area contributed by atoms with Gasteiger partial charge in [0.05, 0.1) is 0 Å². The van der Waals surface area contributed by atoms with E-state index in [2.05, 4.69) is 110 Å². The second kappa shape index (κ2) is 7.56. The lowest BCUT2D eigenvalue weighted by Crippen LogP contribution is -1.97. The highest BCUT2D eigenvalue weighted by Crippen LogP contribution is 2.39. The Morgan fingerprint density at radius 1 is 0.483 bits per heavy atom. The van der Waals surface area contributed by atoms with Gasteiger partial charge in [-0.3, -0.25) is 0 Å². The van der Waals surface area contributed by atoms with E-state index in [1.54, 1.807) is 0 Å². The molecule has 0 aliphatic carbocycles. The van der Waals surface area contributed by atoms with Crippen molar-refractivity contribution in [3.63, 3.8) is 0 Å². The molecule has 0 aliphatic rings. The van der Waals surface area contributed by atoms with E-state index in [0.717, 1.165) is 12.8 Å². The van der Waals surface area contributed by atoms with Crippen LogP contribution in [0.1, 0.15) is 16.7 Å². The van der Waals surface area contributed by atoms with Crippen LogP contribution in [0.2, 0.25) is 0 Å². The second-order valence-corrected chi connectivity index (χ2v) is 7.79. The summed E-state index contributed by atoms with van der Waals surface area (Å²) in [5, 5.41) is 5.29. The summed E-state index contributed by atoms with van der Waals surface area (Å²) in [5.41, 5.74) is 6.92. The van der Waals surface area contributed by atoms with Crippen LogP contribution in [-0.4, -0.2) is 0 Å². The lowest BCUT2D eigenvalue weighted by Gasteiger charge is -2.18. The van der Waals surface area contributed by atoms with Crippen molar-refractivity contribution in [2.24, 2.45) is 0 Å². The van der Waals surface area contributed by atoms with Gasteiger partial charge in [-0.1, -0.05) is 103 Å². The molecule has 0 N–H and O–H groups in total. The Labute approximate surface area is 172 Å². The molecule has 5 rings (SSSR count). The van der Waals surface area contributed by atoms with Crippen LogP contribution in [-0.2, 0) is 12.8 Å². The monoisotopic (exact) mass is 372 g/mol. The van der Waals surface area contributed by atoms with Gasteiger partial charge in [-0.25, -0.2) is 0 Å². The Bertz CT molecular complexity index is 1300. The standard InChI is InChI=1S/C29H24/c1-21-15-17-23-11-5-7-13-26(23)28(21)29-25(18-16-22-9-3-2-4-10-22)20-19-24-12-6-8-14-27(24)29/h2-15,17,19-20H,16,18H2,1H3. The number of fused-ring (bicyclic) bond motifs is 2. The van der Waals surface area contributed by atoms with E-state index in [4.69, 9.17) is 0 Å². The Hall–Kier alpha value is -3.38. The first-order valence-corrected chi connectivity index (χ1v) is 10.3. The van der Waals surface area contributed by atoms with Gasteiger partial charge in [0.2, 0.25) is 0 Å². The van der Waals surface area contributed by atoms with Crippen LogP contribution < -0.4 is 0 Å². The van der Waals surface area contributed by atoms with E-state index < -0.39 is 0 Å². The lowest BCUT2D eigenvalue weighted by atomic mass is 9.86. The van der Waals surface area contributed by atoms with Gasteiger partial charge in [-0.15, -0.1) is 0 Å². The van der Waals surface area contributed by atoms with Gasteiger partial charge in [-0.05, 0) is 69.1 Å². The fraction of sp³-hybridized carbons (Fsp3) is 0.103. The first-order chi connectivity index (χ1) is 14.3. The van der Waals surface area contributed by atoms with Gasteiger partial charge >= 0.3 is 0 Å². The molecule has 0 atom stereocenters. The van der Waals surface area contributed by atoms with Crippen molar-refractivity contribution in [2.75, 3.05) is 0 Å². The number of rotatable bonds is 4. The van der Waals surface area contributed by atoms with E-state index >= 15 is 0 Å². The maximum atomic E-state index is 2.34. The topological polar surface area (TPSA) is 0 Å². The SMILES string of the molecule is Cc1ccc2ccccc2c1-c1c(CCc2ccccc2)ccc2ccccc12. The number of aryl methyl sites for hydroxylation is 3. The molecule has 0 saturated carbocycles. The third-order valence-corrected chi connectivity index (χ3v) is 5.93. The minimum absolute atomic E-state index is 1.03. The lowest BCUT2D eigenvalue weighted by molar-refractivity contribution is 0.964. The summed E-state index contributed by atoms with van der Waals surface area (Å²) in [4.78, 5) is 0. The Morgan fingerprint density at radius 3 is 1.79 bits per heavy atom. The highest BCUT2D eigenvalue weighted by molar-refractivity contribution is 6.07. The molecule has 140 valence electrons. The van der Waals surface area contributed by atoms with Gasteiger partial charge in [0, 0.05) is 0 Å². The third kappa shape index (κ3) is 3.32. The van der Waals surface area contributed by atoms with Crippen molar-refractivity contribution in [3.8, 4) is 11.1 Å². The average molecular weight is 373 g/mol. The van der Waals surface area contributed by atoms with Crippen molar-refractivity contribution in [2.45, 2.75) is 19.8 Å². The largest absolute Gasteiger partial charge is 0.0622 e. The Morgan fingerprint density at radius 2 is 1.07 bits per heavy atom. The summed E-state index contributed by atoms with van der Waals surface area (Å²) in [6.45, 7) is 2.24. The second-order valence-electron chi connectivity index (χ2n) is 7.79. The summed E-state index contributed by atoms with van der Waals surface area (Å²) in [6, 6.07) is 37.5. The average Bonchev–Trinajstić information content (AvgIpc) is 2.78. The van der Waals surface area contributed by atoms with Gasteiger partial charge < -0.3 is 0 Å². The van der Waals surface area contributed by atoms with Gasteiger partial charge in [0.15, 0.2) is 0 Å². The van der Waals surface area contributed by atoms with Gasteiger partial charge in [0.1, 0.15) is 0 Å². The molecule has 0 spiro atoms. The fourth-order valence-electron chi connectivity index (χ4n) is 4.46. The van der Waals surface area contributed by atoms with Crippen molar-refractivity contribution in [3.05, 3.63) is 120 Å². The van der Waals surface area contributed by atoms with Crippen molar-refractivity contribution >= 4 is 21.5 Å². The van der Waals surface area contributed by atoms with Crippen molar-refractivity contribution in [1.29, 1.82) is 0 Å². The zero-order chi connectivity index (χ0) is 19.6. The Balaban J connectivity index is 1.75. The molecule has 0 heterocycles. The number of hydrogen-bond donors (Lipinski definition) is 0. The predicted octanol–water partition coefficient (Wildman–Crippen LogP) is 7.75. The predicted molar refractivity (Wildman–Crippen MR) is 125 cm³/mol. The zero-order valence-corrected chi connectivity index (χ0v) is 16.7. The maximum absolute atomic E-state index is 2.34. The first-order valence-electron chi connectivity index (χ1n) is 10.3. The molecule has 0 heteroatoms. The normalized spacial score (nSPS) is 11.2. The van der Waals surface area contributed by atoms with Crippen LogP contribution in [0, 0.1) is 6.92 Å². The third-order valence-electron chi connectivity index (χ3n) is 5.93. The molecule has 0 radical (unpaired) electrons. The summed E-state index contributed by atoms with van der Waals surface area (Å²) >= 11 is 0. The highest BCUT2D eigenvalue weighted by atomic mass is 14.2. The molecular formula is C29H24. The van der Waals surface area contributed by atoms with E-state index in [9.17, 15) is 0 Å². The first kappa shape index (κ1) is 17.7. The van der Waals surface area contributed by atoms with Crippen LogP contribution >= 0.6 is 0 Å². The molecule has 0 aromatic heterocycles. The van der Waals surface area contributed by atoms with Crippen LogP contribution in [0.3, 0.4) is 0 Å². The molecule has 29 heavy (non-hydrogen) atoms. The molecule has 0 saturated heterocycles. The molecule has 5 aromatic carbocycles. The molecule has 5 aromatic rings. The fourth-order valence-corrected chi connectivity index (χ4v) is 4.46. The quantitative estimate of drug-likeness (QED) is 0.302. The van der Waals surface area contributed by atoms with E-state index in [1.807, 2.05) is 0 Å². The molecule has 0 nitrogen and oxygen atoms in total. The van der Waals surface area contributed by atoms with E-state index in [-0.39, 0.29) is 0 Å². The molecule has 0 fully saturated rings. The Kier molecular flexibility index (Phi) is 4.62. The zero-order valence-electron chi connectivity index (χ0n) is 16.7. The van der Waals surface area contributed by atoms with Gasteiger partial charge in [-0.2, -0.15) is 0 Å². The highest BCUT2D eigenvalue weighted by Gasteiger charge is 2.15. The number of benzene rings is 5. The molecular weight excluding hydrogens is 348 g/mol. The maximum Gasteiger partial charge on any atom is -0.00643 e. The summed E-state index contributed by atoms with van der Waals surface area (Å²) in [5.74, 6) is 0. The van der Waals surface area contributed by atoms with Crippen LogP contribution in [0.4, 0.5) is 0 Å². The molecule has 0 aliphatic heterocycles. The molecule has 0 bridgehead atoms.